The number of fused-ring (bicyclic) bond motifs is 5. The van der Waals surface area contributed by atoms with Gasteiger partial charge in [0.05, 0.1) is 57.9 Å². The molecular weight excluding hydrogens is 429 g/mol. The monoisotopic (exact) mass is 450 g/mol. The molecule has 0 radical (unpaired) electrons. The van der Waals surface area contributed by atoms with E-state index in [1.54, 1.807) is 27.7 Å². The minimum atomic E-state index is -4.84. The Bertz CT molecular complexity index is 1080. The lowest BCUT2D eigenvalue weighted by Gasteiger charge is -2.34. The highest BCUT2D eigenvalue weighted by Crippen LogP contribution is 2.63. The minimum absolute atomic E-state index is 0.157. The topological polar surface area (TPSA) is 96.7 Å². The highest BCUT2D eigenvalue weighted by Gasteiger charge is 2.77. The predicted molar refractivity (Wildman–Crippen MR) is 103 cm³/mol. The summed E-state index contributed by atoms with van der Waals surface area (Å²) in [6.07, 6.45) is -5.07. The lowest BCUT2D eigenvalue weighted by molar-refractivity contribution is -0.160. The van der Waals surface area contributed by atoms with Crippen LogP contribution < -0.4 is 4.90 Å². The largest absolute Gasteiger partial charge is 0.463 e. The van der Waals surface area contributed by atoms with Crippen LogP contribution in [0.4, 0.5) is 18.9 Å². The van der Waals surface area contributed by atoms with E-state index in [4.69, 9.17) is 14.7 Å². The van der Waals surface area contributed by atoms with Crippen molar-refractivity contribution in [3.05, 3.63) is 29.3 Å². The van der Waals surface area contributed by atoms with Crippen LogP contribution in [0.25, 0.3) is 0 Å². The quantitative estimate of drug-likeness (QED) is 0.518. The van der Waals surface area contributed by atoms with E-state index >= 15 is 0 Å². The first-order valence-electron chi connectivity index (χ1n) is 10.1. The molecule has 3 aliphatic heterocycles. The number of hydrogen-bond acceptors (Lipinski definition) is 6. The number of carbonyl (C=O) groups is 3. The van der Waals surface area contributed by atoms with Crippen LogP contribution in [0.3, 0.4) is 0 Å². The van der Waals surface area contributed by atoms with E-state index < -0.39 is 64.0 Å². The fourth-order valence-electron chi connectivity index (χ4n) is 5.45. The van der Waals surface area contributed by atoms with Gasteiger partial charge in [-0.1, -0.05) is 0 Å². The molecular formula is C22H21F3N2O5. The fourth-order valence-corrected chi connectivity index (χ4v) is 5.45. The lowest BCUT2D eigenvalue weighted by atomic mass is 9.64. The van der Waals surface area contributed by atoms with Crippen molar-refractivity contribution in [3.8, 4) is 6.07 Å². The number of anilines is 1. The van der Waals surface area contributed by atoms with Gasteiger partial charge in [0.15, 0.2) is 0 Å². The van der Waals surface area contributed by atoms with E-state index in [-0.39, 0.29) is 18.2 Å². The number of amides is 2. The van der Waals surface area contributed by atoms with Gasteiger partial charge >= 0.3 is 12.1 Å². The smallest absolute Gasteiger partial charge is 0.417 e. The number of hydrogen-bond donors (Lipinski definition) is 0. The Morgan fingerprint density at radius 3 is 2.44 bits per heavy atom. The molecule has 170 valence electrons. The van der Waals surface area contributed by atoms with Gasteiger partial charge in [0.1, 0.15) is 0 Å². The Morgan fingerprint density at radius 1 is 1.25 bits per heavy atom. The number of rotatable bonds is 3. The number of nitrogens with zero attached hydrogens (tertiary/aromatic N) is 2. The molecule has 2 bridgehead atoms. The summed E-state index contributed by atoms with van der Waals surface area (Å²) in [5.41, 5.74) is -4.58. The number of imide groups is 1. The van der Waals surface area contributed by atoms with Gasteiger partial charge in [-0.2, -0.15) is 18.4 Å². The van der Waals surface area contributed by atoms with Gasteiger partial charge < -0.3 is 9.47 Å². The molecule has 0 aliphatic carbocycles. The molecule has 2 amide bonds. The molecule has 0 saturated carbocycles. The van der Waals surface area contributed by atoms with Crippen LogP contribution in [0.1, 0.15) is 45.2 Å². The van der Waals surface area contributed by atoms with Gasteiger partial charge in [-0.15, -0.1) is 0 Å². The van der Waals surface area contributed by atoms with Crippen LogP contribution in [-0.4, -0.2) is 35.1 Å². The van der Waals surface area contributed by atoms with E-state index in [1.807, 2.05) is 0 Å². The summed E-state index contributed by atoms with van der Waals surface area (Å²) in [5.74, 6) is -4.72. The van der Waals surface area contributed by atoms with E-state index in [0.29, 0.717) is 6.07 Å². The first kappa shape index (κ1) is 22.3. The number of esters is 1. The SMILES string of the molecule is CC(C)OC(=O)[C@@H]1CC2(C)OC1(C)[C@@H]1C(=O)N(c3ccc(C#N)c(C(F)(F)F)c3)C(=O)[C@@H]12. The molecule has 3 heterocycles. The van der Waals surface area contributed by atoms with Crippen LogP contribution in [0.15, 0.2) is 18.2 Å². The minimum Gasteiger partial charge on any atom is -0.463 e. The third-order valence-corrected chi connectivity index (χ3v) is 6.66. The van der Waals surface area contributed by atoms with Gasteiger partial charge in [0, 0.05) is 0 Å². The summed E-state index contributed by atoms with van der Waals surface area (Å²) in [5, 5.41) is 9.00. The van der Waals surface area contributed by atoms with Crippen molar-refractivity contribution in [2.45, 2.75) is 57.6 Å². The maximum atomic E-state index is 13.4. The molecule has 7 nitrogen and oxygen atoms in total. The fraction of sp³-hybridized carbons (Fsp3) is 0.545. The summed E-state index contributed by atoms with van der Waals surface area (Å²) in [7, 11) is 0. The number of nitriles is 1. The average molecular weight is 450 g/mol. The third kappa shape index (κ3) is 2.94. The zero-order valence-corrected chi connectivity index (χ0v) is 17.8. The van der Waals surface area contributed by atoms with Crippen LogP contribution in [-0.2, 0) is 30.0 Å². The van der Waals surface area contributed by atoms with Crippen LogP contribution in [0.2, 0.25) is 0 Å². The van der Waals surface area contributed by atoms with Gasteiger partial charge in [0.2, 0.25) is 11.8 Å². The molecule has 1 aromatic carbocycles. The van der Waals surface area contributed by atoms with Crippen molar-refractivity contribution < 1.29 is 37.0 Å². The lowest BCUT2D eigenvalue weighted by Crippen LogP contribution is -2.49. The number of benzene rings is 1. The van der Waals surface area contributed by atoms with Crippen molar-refractivity contribution in [3.63, 3.8) is 0 Å². The Kier molecular flexibility index (Phi) is 4.72. The van der Waals surface area contributed by atoms with Gasteiger partial charge in [-0.25, -0.2) is 4.90 Å². The molecule has 10 heteroatoms. The summed E-state index contributed by atoms with van der Waals surface area (Å²) in [6, 6.07) is 4.18. The molecule has 2 unspecified atom stereocenters. The summed E-state index contributed by atoms with van der Waals surface area (Å²) in [6.45, 7) is 6.58. The van der Waals surface area contributed by atoms with Gasteiger partial charge in [-0.05, 0) is 52.3 Å². The Balaban J connectivity index is 1.75. The van der Waals surface area contributed by atoms with Crippen LogP contribution in [0, 0.1) is 29.1 Å². The van der Waals surface area contributed by atoms with E-state index in [1.165, 1.54) is 6.07 Å². The molecule has 3 fully saturated rings. The molecule has 3 aliphatic rings. The van der Waals surface area contributed by atoms with E-state index in [2.05, 4.69) is 0 Å². The molecule has 0 N–H and O–H groups in total. The summed E-state index contributed by atoms with van der Waals surface area (Å²) in [4.78, 5) is 40.0. The standard InChI is InChI=1S/C22H21F3N2O5/c1-10(2)31-19(30)14-8-20(3)15-16(21(14,4)32-20)18(29)27(17(15)28)12-6-5-11(9-26)13(7-12)22(23,24)25/h5-7,10,14-16H,8H2,1-4H3/t14-,15+,16-,20?,21?/m0/s1. The Hall–Kier alpha value is -2.93. The van der Waals surface area contributed by atoms with Crippen molar-refractivity contribution >= 4 is 23.5 Å². The summed E-state index contributed by atoms with van der Waals surface area (Å²) < 4.78 is 51.6. The van der Waals surface area contributed by atoms with Gasteiger partial charge in [0.25, 0.3) is 0 Å². The van der Waals surface area contributed by atoms with Crippen molar-refractivity contribution in [2.24, 2.45) is 17.8 Å². The highest BCUT2D eigenvalue weighted by molar-refractivity contribution is 6.23. The second kappa shape index (κ2) is 6.78. The molecule has 1 aromatic rings. The number of carbonyl (C=O) groups excluding carboxylic acids is 3. The van der Waals surface area contributed by atoms with Gasteiger partial charge in [-0.3, -0.25) is 14.4 Å². The molecule has 3 saturated heterocycles. The number of ether oxygens (including phenoxy) is 2. The summed E-state index contributed by atoms with van der Waals surface area (Å²) >= 11 is 0. The second-order valence-corrected chi connectivity index (χ2v) is 9.15. The Labute approximate surface area is 182 Å². The van der Waals surface area contributed by atoms with Crippen molar-refractivity contribution in [2.75, 3.05) is 4.90 Å². The average Bonchev–Trinajstić information content (AvgIpc) is 3.21. The molecule has 32 heavy (non-hydrogen) atoms. The maximum absolute atomic E-state index is 13.4. The molecule has 5 atom stereocenters. The van der Waals surface area contributed by atoms with Crippen molar-refractivity contribution in [1.82, 2.24) is 0 Å². The first-order chi connectivity index (χ1) is 14.7. The predicted octanol–water partition coefficient (Wildman–Crippen LogP) is 3.20. The Morgan fingerprint density at radius 2 is 1.88 bits per heavy atom. The maximum Gasteiger partial charge on any atom is 0.417 e. The first-order valence-corrected chi connectivity index (χ1v) is 10.1. The molecule has 4 rings (SSSR count). The second-order valence-electron chi connectivity index (χ2n) is 9.15. The molecule has 0 aromatic heterocycles. The number of halogens is 3. The van der Waals surface area contributed by atoms with Crippen molar-refractivity contribution in [1.29, 1.82) is 5.26 Å². The third-order valence-electron chi connectivity index (χ3n) is 6.66. The zero-order chi connectivity index (χ0) is 23.8. The van der Waals surface area contributed by atoms with Crippen LogP contribution in [0.5, 0.6) is 0 Å². The zero-order valence-electron chi connectivity index (χ0n) is 17.8. The molecule has 0 spiro atoms. The van der Waals surface area contributed by atoms with Crippen LogP contribution >= 0.6 is 0 Å². The highest BCUT2D eigenvalue weighted by atomic mass is 19.4. The normalized spacial score (nSPS) is 33.6. The van der Waals surface area contributed by atoms with E-state index in [0.717, 1.165) is 17.0 Å². The van der Waals surface area contributed by atoms with E-state index in [9.17, 15) is 27.6 Å². The number of alkyl halides is 3.